The minimum Gasteiger partial charge on any atom is -0.507 e. The molecule has 0 unspecified atom stereocenters. The highest BCUT2D eigenvalue weighted by Crippen LogP contribution is 2.35. The first-order valence-electron chi connectivity index (χ1n) is 10.6. The van der Waals surface area contributed by atoms with Gasteiger partial charge in [0.05, 0.1) is 5.69 Å². The third-order valence-corrected chi connectivity index (χ3v) is 5.61. The van der Waals surface area contributed by atoms with Crippen LogP contribution in [0, 0.1) is 13.8 Å². The summed E-state index contributed by atoms with van der Waals surface area (Å²) in [6, 6.07) is 27.5. The van der Waals surface area contributed by atoms with Gasteiger partial charge in [-0.2, -0.15) is 0 Å². The number of phenols is 1. The smallest absolute Gasteiger partial charge is 0.124 e. The maximum atomic E-state index is 10.3. The van der Waals surface area contributed by atoms with Crippen molar-refractivity contribution in [1.29, 1.82) is 0 Å². The number of rotatable bonds is 5. The molecular formula is C28H23NO3. The zero-order valence-electron chi connectivity index (χ0n) is 17.9. The zero-order chi connectivity index (χ0) is 22.1. The van der Waals surface area contributed by atoms with Crippen molar-refractivity contribution >= 4 is 22.7 Å². The highest BCUT2D eigenvalue weighted by Gasteiger charge is 2.23. The second-order valence-electron chi connectivity index (χ2n) is 7.90. The van der Waals surface area contributed by atoms with Crippen LogP contribution in [0.15, 0.2) is 98.8 Å². The van der Waals surface area contributed by atoms with E-state index in [0.29, 0.717) is 5.56 Å². The predicted molar refractivity (Wildman–Crippen MR) is 127 cm³/mol. The van der Waals surface area contributed by atoms with Crippen LogP contribution in [0.25, 0.3) is 10.8 Å². The lowest BCUT2D eigenvalue weighted by molar-refractivity contribution is 0.428. The van der Waals surface area contributed by atoms with Crippen molar-refractivity contribution in [3.8, 4) is 5.75 Å². The van der Waals surface area contributed by atoms with Crippen molar-refractivity contribution in [1.82, 2.24) is 0 Å². The zero-order valence-corrected chi connectivity index (χ0v) is 17.9. The van der Waals surface area contributed by atoms with Crippen molar-refractivity contribution in [3.63, 3.8) is 0 Å². The van der Waals surface area contributed by atoms with Gasteiger partial charge in [-0.05, 0) is 72.6 Å². The van der Waals surface area contributed by atoms with E-state index in [-0.39, 0.29) is 11.7 Å². The molecule has 0 bridgehead atoms. The van der Waals surface area contributed by atoms with E-state index in [1.165, 1.54) is 0 Å². The van der Waals surface area contributed by atoms with Gasteiger partial charge in [-0.3, -0.25) is 4.99 Å². The number of aryl methyl sites for hydroxylation is 2. The van der Waals surface area contributed by atoms with Crippen molar-refractivity contribution in [2.75, 3.05) is 0 Å². The van der Waals surface area contributed by atoms with Crippen molar-refractivity contribution < 1.29 is 13.9 Å². The number of aromatic hydroxyl groups is 1. The summed E-state index contributed by atoms with van der Waals surface area (Å²) in [5.41, 5.74) is 2.56. The molecule has 0 spiro atoms. The summed E-state index contributed by atoms with van der Waals surface area (Å²) in [4.78, 5) is 4.61. The third kappa shape index (κ3) is 3.83. The van der Waals surface area contributed by atoms with Crippen LogP contribution in [0.1, 0.15) is 40.1 Å². The molecule has 2 aromatic heterocycles. The number of aliphatic imine (C=N–C) groups is 1. The van der Waals surface area contributed by atoms with Crippen LogP contribution in [0.3, 0.4) is 0 Å². The van der Waals surface area contributed by atoms with Crippen LogP contribution in [-0.2, 0) is 0 Å². The third-order valence-electron chi connectivity index (χ3n) is 5.61. The quantitative estimate of drug-likeness (QED) is 0.303. The number of nitrogens with zero attached hydrogens (tertiary/aromatic N) is 1. The Labute approximate surface area is 186 Å². The molecule has 0 fully saturated rings. The fraction of sp³-hybridized carbons (Fsp3) is 0.107. The standard InChI is InChI=1S/C28H23NO3/c1-18-7-15-26(31-18)28(27-16-8-19(2)32-27)21-9-12-22(13-10-21)29-17-24-23-6-4-3-5-20(23)11-14-25(24)30/h3-17,28,30H,1-2H3. The molecule has 0 saturated heterocycles. The molecule has 0 amide bonds. The lowest BCUT2D eigenvalue weighted by atomic mass is 9.94. The average Bonchev–Trinajstić information content (AvgIpc) is 3.42. The van der Waals surface area contributed by atoms with E-state index >= 15 is 0 Å². The van der Waals surface area contributed by atoms with Crippen molar-refractivity contribution in [3.05, 3.63) is 119 Å². The van der Waals surface area contributed by atoms with E-state index in [9.17, 15) is 5.11 Å². The largest absolute Gasteiger partial charge is 0.507 e. The molecule has 4 heteroatoms. The Kier molecular flexibility index (Phi) is 5.12. The number of hydrogen-bond acceptors (Lipinski definition) is 4. The number of phenolic OH excluding ortho intramolecular Hbond substituents is 1. The lowest BCUT2D eigenvalue weighted by Gasteiger charge is -2.13. The molecule has 3 aromatic carbocycles. The highest BCUT2D eigenvalue weighted by atomic mass is 16.4. The van der Waals surface area contributed by atoms with Gasteiger partial charge in [0.15, 0.2) is 0 Å². The minimum atomic E-state index is -0.127. The molecule has 0 saturated carbocycles. The number of benzene rings is 3. The summed E-state index contributed by atoms with van der Waals surface area (Å²) in [7, 11) is 0. The van der Waals surface area contributed by atoms with E-state index in [4.69, 9.17) is 8.83 Å². The van der Waals surface area contributed by atoms with E-state index in [0.717, 1.165) is 45.1 Å². The van der Waals surface area contributed by atoms with Crippen molar-refractivity contribution in [2.45, 2.75) is 19.8 Å². The molecule has 32 heavy (non-hydrogen) atoms. The average molecular weight is 421 g/mol. The fourth-order valence-electron chi connectivity index (χ4n) is 4.00. The van der Waals surface area contributed by atoms with E-state index < -0.39 is 0 Å². The summed E-state index contributed by atoms with van der Waals surface area (Å²) in [6.45, 7) is 3.88. The molecule has 0 aliphatic carbocycles. The second-order valence-corrected chi connectivity index (χ2v) is 7.90. The van der Waals surface area contributed by atoms with Crippen LogP contribution in [-0.4, -0.2) is 11.3 Å². The van der Waals surface area contributed by atoms with Gasteiger partial charge in [0, 0.05) is 11.8 Å². The normalized spacial score (nSPS) is 11.7. The van der Waals surface area contributed by atoms with Crippen LogP contribution in [0.5, 0.6) is 5.75 Å². The molecule has 158 valence electrons. The number of hydrogen-bond donors (Lipinski definition) is 1. The van der Waals surface area contributed by atoms with Crippen LogP contribution in [0.2, 0.25) is 0 Å². The minimum absolute atomic E-state index is 0.127. The summed E-state index contributed by atoms with van der Waals surface area (Å²) < 4.78 is 11.9. The Bertz CT molecular complexity index is 1370. The number of furan rings is 2. The molecular weight excluding hydrogens is 398 g/mol. The Morgan fingerprint density at radius 2 is 1.41 bits per heavy atom. The van der Waals surface area contributed by atoms with Gasteiger partial charge >= 0.3 is 0 Å². The number of fused-ring (bicyclic) bond motifs is 1. The lowest BCUT2D eigenvalue weighted by Crippen LogP contribution is -2.00. The van der Waals surface area contributed by atoms with Gasteiger partial charge in [0.1, 0.15) is 34.7 Å². The molecule has 5 aromatic rings. The Hall–Kier alpha value is -4.05. The predicted octanol–water partition coefficient (Wildman–Crippen LogP) is 7.28. The second kappa shape index (κ2) is 8.23. The van der Waals surface area contributed by atoms with Crippen LogP contribution < -0.4 is 0 Å². The molecule has 1 N–H and O–H groups in total. The SMILES string of the molecule is Cc1ccc(C(c2ccc(N=Cc3c(O)ccc4ccccc34)cc2)c2ccc(C)o2)o1. The first-order valence-corrected chi connectivity index (χ1v) is 10.6. The first-order chi connectivity index (χ1) is 15.6. The Balaban J connectivity index is 1.48. The van der Waals surface area contributed by atoms with Crippen molar-refractivity contribution in [2.24, 2.45) is 4.99 Å². The molecule has 0 aliphatic heterocycles. The highest BCUT2D eigenvalue weighted by molar-refractivity contribution is 6.02. The maximum Gasteiger partial charge on any atom is 0.124 e. The molecule has 0 radical (unpaired) electrons. The molecule has 2 heterocycles. The van der Waals surface area contributed by atoms with E-state index in [1.54, 1.807) is 12.3 Å². The van der Waals surface area contributed by atoms with E-state index in [2.05, 4.69) is 4.99 Å². The van der Waals surface area contributed by atoms with Crippen LogP contribution in [0.4, 0.5) is 5.69 Å². The van der Waals surface area contributed by atoms with E-state index in [1.807, 2.05) is 92.7 Å². The summed E-state index contributed by atoms with van der Waals surface area (Å²) >= 11 is 0. The molecule has 5 rings (SSSR count). The summed E-state index contributed by atoms with van der Waals surface area (Å²) in [5.74, 6) is 3.50. The maximum absolute atomic E-state index is 10.3. The van der Waals surface area contributed by atoms with Crippen LogP contribution >= 0.6 is 0 Å². The fourth-order valence-corrected chi connectivity index (χ4v) is 4.00. The van der Waals surface area contributed by atoms with Gasteiger partial charge in [-0.25, -0.2) is 0 Å². The summed E-state index contributed by atoms with van der Waals surface area (Å²) in [6.07, 6.45) is 1.72. The monoisotopic (exact) mass is 421 g/mol. The summed E-state index contributed by atoms with van der Waals surface area (Å²) in [5, 5.41) is 12.4. The molecule has 0 aliphatic rings. The van der Waals surface area contributed by atoms with Gasteiger partial charge in [-0.15, -0.1) is 0 Å². The molecule has 0 atom stereocenters. The Morgan fingerprint density at radius 3 is 2.03 bits per heavy atom. The topological polar surface area (TPSA) is 58.9 Å². The Morgan fingerprint density at radius 1 is 0.750 bits per heavy atom. The van der Waals surface area contributed by atoms with Gasteiger partial charge < -0.3 is 13.9 Å². The van der Waals surface area contributed by atoms with Gasteiger partial charge in [0.2, 0.25) is 0 Å². The molecule has 4 nitrogen and oxygen atoms in total. The first kappa shape index (κ1) is 19.9. The van der Waals surface area contributed by atoms with Gasteiger partial charge in [-0.1, -0.05) is 42.5 Å². The van der Waals surface area contributed by atoms with Gasteiger partial charge in [0.25, 0.3) is 0 Å².